The molecule has 0 fully saturated rings. The van der Waals surface area contributed by atoms with Gasteiger partial charge in [-0.05, 0) is 0 Å². The number of thiazole rings is 1. The molecule has 1 heterocycles. The highest BCUT2D eigenvalue weighted by Crippen LogP contribution is 2.12. The zero-order chi connectivity index (χ0) is 11.3. The van der Waals surface area contributed by atoms with Gasteiger partial charge in [0.25, 0.3) is 0 Å². The minimum atomic E-state index is -0.504. The average molecular weight is 248 g/mol. The zero-order valence-electron chi connectivity index (χ0n) is 8.16. The number of hydrogen-bond donors (Lipinski definition) is 0. The van der Waals surface area contributed by atoms with Crippen molar-refractivity contribution >= 4 is 28.9 Å². The summed E-state index contributed by atoms with van der Waals surface area (Å²) in [6.45, 7) is 3.79. The van der Waals surface area contributed by atoms with Crippen LogP contribution in [0.5, 0.6) is 0 Å². The molecule has 0 aliphatic rings. The molecule has 0 spiro atoms. The molecule has 0 atom stereocenters. The molecule has 0 N–H and O–H groups in total. The molecule has 1 aromatic rings. The Morgan fingerprint density at radius 3 is 3.07 bits per heavy atom. The van der Waals surface area contributed by atoms with E-state index in [4.69, 9.17) is 21.1 Å². The number of nitrogens with zero attached hydrogens (tertiary/aromatic N) is 1. The third kappa shape index (κ3) is 3.99. The van der Waals surface area contributed by atoms with Gasteiger partial charge in [0.05, 0.1) is 6.61 Å². The summed E-state index contributed by atoms with van der Waals surface area (Å²) in [6, 6.07) is 0. The summed E-state index contributed by atoms with van der Waals surface area (Å²) in [7, 11) is 1.57. The van der Waals surface area contributed by atoms with Gasteiger partial charge in [0.15, 0.2) is 5.69 Å². The predicted octanol–water partition coefficient (Wildman–Crippen LogP) is 2.20. The van der Waals surface area contributed by atoms with Gasteiger partial charge in [-0.25, -0.2) is 9.78 Å². The highest BCUT2D eigenvalue weighted by molar-refractivity contribution is 7.09. The largest absolute Gasteiger partial charge is 0.455 e. The van der Waals surface area contributed by atoms with E-state index in [0.29, 0.717) is 6.61 Å². The van der Waals surface area contributed by atoms with Crippen LogP contribution in [0.25, 0.3) is 0 Å². The number of ether oxygens (including phenoxy) is 2. The van der Waals surface area contributed by atoms with Crippen molar-refractivity contribution in [1.82, 2.24) is 4.98 Å². The van der Waals surface area contributed by atoms with E-state index in [1.807, 2.05) is 0 Å². The number of hydrogen-bond acceptors (Lipinski definition) is 5. The number of halogens is 1. The SMILES string of the molecule is C=C(Cl)COC(=O)c1csc(COC)n1. The number of carbonyl (C=O) groups excluding carboxylic acids is 1. The first-order chi connectivity index (χ1) is 7.13. The highest BCUT2D eigenvalue weighted by Gasteiger charge is 2.11. The van der Waals surface area contributed by atoms with Crippen LogP contribution < -0.4 is 0 Å². The van der Waals surface area contributed by atoms with Crippen LogP contribution in [0, 0.1) is 0 Å². The van der Waals surface area contributed by atoms with Crippen molar-refractivity contribution in [1.29, 1.82) is 0 Å². The topological polar surface area (TPSA) is 48.4 Å². The summed E-state index contributed by atoms with van der Waals surface area (Å²) in [6.07, 6.45) is 0. The lowest BCUT2D eigenvalue weighted by molar-refractivity contribution is 0.0539. The van der Waals surface area contributed by atoms with Gasteiger partial charge in [-0.2, -0.15) is 0 Å². The first-order valence-corrected chi connectivity index (χ1v) is 5.33. The van der Waals surface area contributed by atoms with Crippen LogP contribution in [0.4, 0.5) is 0 Å². The van der Waals surface area contributed by atoms with Crippen molar-refractivity contribution in [3.8, 4) is 0 Å². The first-order valence-electron chi connectivity index (χ1n) is 4.07. The molecular weight excluding hydrogens is 238 g/mol. The zero-order valence-corrected chi connectivity index (χ0v) is 9.73. The standard InChI is InChI=1S/C9H10ClNO3S/c1-6(10)3-14-9(12)7-5-15-8(11-7)4-13-2/h5H,1,3-4H2,2H3. The Morgan fingerprint density at radius 1 is 1.73 bits per heavy atom. The van der Waals surface area contributed by atoms with Gasteiger partial charge in [0, 0.05) is 17.5 Å². The summed E-state index contributed by atoms with van der Waals surface area (Å²) in [5.41, 5.74) is 0.268. The fraction of sp³-hybridized carbons (Fsp3) is 0.333. The van der Waals surface area contributed by atoms with E-state index in [2.05, 4.69) is 11.6 Å². The maximum atomic E-state index is 11.3. The summed E-state index contributed by atoms with van der Waals surface area (Å²) >= 11 is 6.80. The Morgan fingerprint density at radius 2 is 2.47 bits per heavy atom. The van der Waals surface area contributed by atoms with Crippen LogP contribution in [0.3, 0.4) is 0 Å². The lowest BCUT2D eigenvalue weighted by Crippen LogP contribution is -2.06. The Hall–Kier alpha value is -0.910. The van der Waals surface area contributed by atoms with Crippen molar-refractivity contribution in [3.63, 3.8) is 0 Å². The van der Waals surface area contributed by atoms with Gasteiger partial charge in [-0.1, -0.05) is 18.2 Å². The second kappa shape index (κ2) is 5.85. The summed E-state index contributed by atoms with van der Waals surface area (Å²) < 4.78 is 9.69. The monoisotopic (exact) mass is 247 g/mol. The van der Waals surface area contributed by atoms with E-state index < -0.39 is 5.97 Å². The van der Waals surface area contributed by atoms with Crippen molar-refractivity contribution < 1.29 is 14.3 Å². The Bertz CT molecular complexity index is 364. The average Bonchev–Trinajstić information content (AvgIpc) is 2.63. The molecule has 15 heavy (non-hydrogen) atoms. The lowest BCUT2D eigenvalue weighted by Gasteiger charge is -1.99. The third-order valence-electron chi connectivity index (χ3n) is 1.39. The number of esters is 1. The molecule has 0 aromatic carbocycles. The maximum absolute atomic E-state index is 11.3. The highest BCUT2D eigenvalue weighted by atomic mass is 35.5. The molecule has 0 unspecified atom stereocenters. The van der Waals surface area contributed by atoms with E-state index in [1.165, 1.54) is 11.3 Å². The Kier molecular flexibility index (Phi) is 4.74. The fourth-order valence-electron chi connectivity index (χ4n) is 0.812. The Labute approximate surface area is 96.5 Å². The number of rotatable bonds is 5. The molecule has 0 bridgehead atoms. The molecule has 82 valence electrons. The predicted molar refractivity (Wildman–Crippen MR) is 58.1 cm³/mol. The van der Waals surface area contributed by atoms with E-state index in [-0.39, 0.29) is 17.3 Å². The smallest absolute Gasteiger partial charge is 0.358 e. The van der Waals surface area contributed by atoms with Gasteiger partial charge in [-0.15, -0.1) is 11.3 Å². The van der Waals surface area contributed by atoms with Crippen LogP contribution in [0.15, 0.2) is 17.0 Å². The van der Waals surface area contributed by atoms with E-state index in [0.717, 1.165) is 5.01 Å². The first kappa shape index (κ1) is 12.2. The van der Waals surface area contributed by atoms with Gasteiger partial charge in [-0.3, -0.25) is 0 Å². The molecule has 6 heteroatoms. The van der Waals surface area contributed by atoms with Crippen LogP contribution in [-0.4, -0.2) is 24.7 Å². The molecule has 0 aliphatic carbocycles. The fourth-order valence-corrected chi connectivity index (χ4v) is 1.60. The van der Waals surface area contributed by atoms with Crippen LogP contribution in [-0.2, 0) is 16.1 Å². The van der Waals surface area contributed by atoms with Crippen molar-refractivity contribution in [2.45, 2.75) is 6.61 Å². The van der Waals surface area contributed by atoms with Crippen molar-refractivity contribution in [3.05, 3.63) is 27.7 Å². The number of aromatic nitrogens is 1. The van der Waals surface area contributed by atoms with Crippen molar-refractivity contribution in [2.75, 3.05) is 13.7 Å². The molecule has 0 radical (unpaired) electrons. The van der Waals surface area contributed by atoms with Crippen molar-refractivity contribution in [2.24, 2.45) is 0 Å². The second-order valence-electron chi connectivity index (χ2n) is 2.65. The molecule has 1 aromatic heterocycles. The van der Waals surface area contributed by atoms with E-state index in [1.54, 1.807) is 12.5 Å². The summed E-state index contributed by atoms with van der Waals surface area (Å²) in [5.74, 6) is -0.504. The van der Waals surface area contributed by atoms with Gasteiger partial charge in [0.1, 0.15) is 11.6 Å². The second-order valence-corrected chi connectivity index (χ2v) is 4.13. The van der Waals surface area contributed by atoms with Gasteiger partial charge >= 0.3 is 5.97 Å². The molecule has 4 nitrogen and oxygen atoms in total. The molecule has 0 saturated heterocycles. The van der Waals surface area contributed by atoms with Gasteiger partial charge < -0.3 is 9.47 Å². The molecule has 1 rings (SSSR count). The normalized spacial score (nSPS) is 10.0. The van der Waals surface area contributed by atoms with Crippen LogP contribution in [0.2, 0.25) is 0 Å². The Balaban J connectivity index is 2.54. The quantitative estimate of drug-likeness (QED) is 0.749. The van der Waals surface area contributed by atoms with E-state index >= 15 is 0 Å². The molecular formula is C9H10ClNO3S. The lowest BCUT2D eigenvalue weighted by atomic mass is 10.5. The molecule has 0 aliphatic heterocycles. The summed E-state index contributed by atoms with van der Waals surface area (Å²) in [4.78, 5) is 15.4. The molecule has 0 amide bonds. The van der Waals surface area contributed by atoms with Crippen LogP contribution >= 0.6 is 22.9 Å². The summed E-state index contributed by atoms with van der Waals surface area (Å²) in [5, 5.41) is 2.62. The number of methoxy groups -OCH3 is 1. The molecule has 0 saturated carbocycles. The maximum Gasteiger partial charge on any atom is 0.358 e. The minimum Gasteiger partial charge on any atom is -0.455 e. The number of carbonyl (C=O) groups is 1. The minimum absolute atomic E-state index is 0.00245. The van der Waals surface area contributed by atoms with Crippen LogP contribution in [0.1, 0.15) is 15.5 Å². The van der Waals surface area contributed by atoms with E-state index in [9.17, 15) is 4.79 Å². The van der Waals surface area contributed by atoms with Gasteiger partial charge in [0.2, 0.25) is 0 Å². The third-order valence-corrected chi connectivity index (χ3v) is 2.32.